The summed E-state index contributed by atoms with van der Waals surface area (Å²) in [7, 11) is -2.95. The highest BCUT2D eigenvalue weighted by Crippen LogP contribution is 2.28. The Morgan fingerprint density at radius 2 is 2.11 bits per heavy atom. The molecule has 1 atom stereocenters. The van der Waals surface area contributed by atoms with E-state index in [9.17, 15) is 8.42 Å². The average Bonchev–Trinajstić information content (AvgIpc) is 2.96. The van der Waals surface area contributed by atoms with Crippen LogP contribution in [-0.2, 0) is 9.84 Å². The lowest BCUT2D eigenvalue weighted by molar-refractivity contribution is 0.489. The van der Waals surface area contributed by atoms with Gasteiger partial charge in [-0.15, -0.1) is 5.10 Å². The van der Waals surface area contributed by atoms with Gasteiger partial charge in [0.2, 0.25) is 0 Å². The standard InChI is InChI=1S/C12H14N4O2S/c1-9-4-2-3-5-11(9)12-13-14-15-16(12)10-6-7-19(17,18)8-10/h2-5,10H,6-8H2,1H3/t10-/m1/s1. The topological polar surface area (TPSA) is 77.7 Å². The molecule has 3 rings (SSSR count). The number of rotatable bonds is 2. The molecule has 0 spiro atoms. The van der Waals surface area contributed by atoms with E-state index >= 15 is 0 Å². The third-order valence-corrected chi connectivity index (χ3v) is 5.18. The summed E-state index contributed by atoms with van der Waals surface area (Å²) in [5.41, 5.74) is 2.01. The number of aromatic nitrogens is 4. The Balaban J connectivity index is 2.03. The Morgan fingerprint density at radius 3 is 2.79 bits per heavy atom. The van der Waals surface area contributed by atoms with Gasteiger partial charge < -0.3 is 0 Å². The van der Waals surface area contributed by atoms with E-state index in [0.717, 1.165) is 11.1 Å². The molecule has 1 saturated heterocycles. The zero-order valence-corrected chi connectivity index (χ0v) is 11.3. The van der Waals surface area contributed by atoms with Crippen molar-refractivity contribution >= 4 is 9.84 Å². The first-order chi connectivity index (χ1) is 9.07. The molecule has 0 amide bonds. The average molecular weight is 278 g/mol. The minimum Gasteiger partial charge on any atom is -0.229 e. The maximum Gasteiger partial charge on any atom is 0.182 e. The Labute approximate surface area is 111 Å². The van der Waals surface area contributed by atoms with E-state index < -0.39 is 9.84 Å². The smallest absolute Gasteiger partial charge is 0.182 e. The van der Waals surface area contributed by atoms with E-state index in [1.165, 1.54) is 0 Å². The molecular formula is C12H14N4O2S. The highest BCUT2D eigenvalue weighted by Gasteiger charge is 2.32. The second-order valence-corrected chi connectivity index (χ2v) is 7.05. The summed E-state index contributed by atoms with van der Waals surface area (Å²) in [4.78, 5) is 0. The summed E-state index contributed by atoms with van der Waals surface area (Å²) < 4.78 is 24.8. The van der Waals surface area contributed by atoms with Gasteiger partial charge in [0.1, 0.15) is 0 Å². The molecule has 1 aliphatic heterocycles. The zero-order chi connectivity index (χ0) is 13.5. The first-order valence-corrected chi connectivity index (χ1v) is 7.93. The quantitative estimate of drug-likeness (QED) is 0.819. The van der Waals surface area contributed by atoms with Gasteiger partial charge >= 0.3 is 0 Å². The molecular weight excluding hydrogens is 264 g/mol. The number of aryl methyl sites for hydroxylation is 1. The van der Waals surface area contributed by atoms with E-state index in [4.69, 9.17) is 0 Å². The van der Waals surface area contributed by atoms with Crippen molar-refractivity contribution in [2.75, 3.05) is 11.5 Å². The van der Waals surface area contributed by atoms with Gasteiger partial charge in [-0.25, -0.2) is 13.1 Å². The largest absolute Gasteiger partial charge is 0.229 e. The van der Waals surface area contributed by atoms with Gasteiger partial charge in [-0.2, -0.15) is 0 Å². The van der Waals surface area contributed by atoms with Crippen molar-refractivity contribution in [3.8, 4) is 11.4 Å². The molecule has 0 bridgehead atoms. The monoisotopic (exact) mass is 278 g/mol. The highest BCUT2D eigenvalue weighted by atomic mass is 32.2. The fraction of sp³-hybridized carbons (Fsp3) is 0.417. The Bertz CT molecular complexity index is 708. The van der Waals surface area contributed by atoms with Crippen LogP contribution in [0, 0.1) is 6.92 Å². The molecule has 7 heteroatoms. The van der Waals surface area contributed by atoms with Crippen molar-refractivity contribution in [1.29, 1.82) is 0 Å². The van der Waals surface area contributed by atoms with E-state index in [0.29, 0.717) is 12.2 Å². The van der Waals surface area contributed by atoms with Crippen molar-refractivity contribution < 1.29 is 8.42 Å². The maximum absolute atomic E-state index is 11.6. The molecule has 1 aromatic heterocycles. The molecule has 6 nitrogen and oxygen atoms in total. The second-order valence-electron chi connectivity index (χ2n) is 4.82. The number of hydrogen-bond acceptors (Lipinski definition) is 5. The lowest BCUT2D eigenvalue weighted by atomic mass is 10.1. The van der Waals surface area contributed by atoms with Crippen LogP contribution in [0.15, 0.2) is 24.3 Å². The molecule has 1 aromatic carbocycles. The van der Waals surface area contributed by atoms with Gasteiger partial charge in [0, 0.05) is 5.56 Å². The van der Waals surface area contributed by atoms with Gasteiger partial charge in [0.15, 0.2) is 15.7 Å². The normalized spacial score (nSPS) is 21.6. The lowest BCUT2D eigenvalue weighted by Gasteiger charge is -2.11. The van der Waals surface area contributed by atoms with Crippen LogP contribution in [-0.4, -0.2) is 40.1 Å². The number of nitrogens with zero attached hydrogens (tertiary/aromatic N) is 4. The van der Waals surface area contributed by atoms with Crippen molar-refractivity contribution in [3.63, 3.8) is 0 Å². The third kappa shape index (κ3) is 2.25. The predicted octanol–water partition coefficient (Wildman–Crippen LogP) is 1.01. The molecule has 0 radical (unpaired) electrons. The molecule has 0 aliphatic carbocycles. The van der Waals surface area contributed by atoms with Crippen LogP contribution >= 0.6 is 0 Å². The Kier molecular flexibility index (Phi) is 2.85. The fourth-order valence-corrected chi connectivity index (χ4v) is 4.10. The van der Waals surface area contributed by atoms with Crippen LogP contribution in [0.4, 0.5) is 0 Å². The van der Waals surface area contributed by atoms with Crippen molar-refractivity contribution in [3.05, 3.63) is 29.8 Å². The molecule has 0 N–H and O–H groups in total. The summed E-state index contributed by atoms with van der Waals surface area (Å²) in [5, 5.41) is 11.7. The minimum atomic E-state index is -2.95. The Morgan fingerprint density at radius 1 is 1.32 bits per heavy atom. The zero-order valence-electron chi connectivity index (χ0n) is 10.5. The highest BCUT2D eigenvalue weighted by molar-refractivity contribution is 7.91. The van der Waals surface area contributed by atoms with Crippen molar-refractivity contribution in [2.45, 2.75) is 19.4 Å². The Hall–Kier alpha value is -1.76. The number of sulfone groups is 1. The molecule has 1 fully saturated rings. The van der Waals surface area contributed by atoms with E-state index in [-0.39, 0.29) is 17.5 Å². The van der Waals surface area contributed by atoms with Crippen LogP contribution in [0.1, 0.15) is 18.0 Å². The summed E-state index contributed by atoms with van der Waals surface area (Å²) in [6, 6.07) is 7.65. The van der Waals surface area contributed by atoms with Gasteiger partial charge in [-0.1, -0.05) is 24.3 Å². The SMILES string of the molecule is Cc1ccccc1-c1nnnn1[C@@H]1CCS(=O)(=O)C1. The summed E-state index contributed by atoms with van der Waals surface area (Å²) in [6.45, 7) is 1.99. The van der Waals surface area contributed by atoms with Gasteiger partial charge in [0.05, 0.1) is 17.5 Å². The number of tetrazole rings is 1. The molecule has 2 aromatic rings. The van der Waals surface area contributed by atoms with Crippen LogP contribution in [0.5, 0.6) is 0 Å². The number of hydrogen-bond donors (Lipinski definition) is 0. The summed E-state index contributed by atoms with van der Waals surface area (Å²) in [6.07, 6.45) is 0.576. The van der Waals surface area contributed by atoms with Crippen LogP contribution in [0.25, 0.3) is 11.4 Å². The van der Waals surface area contributed by atoms with Crippen LogP contribution in [0.3, 0.4) is 0 Å². The fourth-order valence-electron chi connectivity index (χ4n) is 2.41. The molecule has 0 unspecified atom stereocenters. The summed E-state index contributed by atoms with van der Waals surface area (Å²) in [5.74, 6) is 0.974. The van der Waals surface area contributed by atoms with E-state index in [1.54, 1.807) is 4.68 Å². The van der Waals surface area contributed by atoms with E-state index in [1.807, 2.05) is 31.2 Å². The van der Waals surface area contributed by atoms with Gasteiger partial charge in [-0.3, -0.25) is 0 Å². The van der Waals surface area contributed by atoms with Gasteiger partial charge in [0.25, 0.3) is 0 Å². The van der Waals surface area contributed by atoms with E-state index in [2.05, 4.69) is 15.5 Å². The molecule has 0 saturated carbocycles. The molecule has 100 valence electrons. The first kappa shape index (κ1) is 12.3. The molecule has 2 heterocycles. The lowest BCUT2D eigenvalue weighted by Crippen LogP contribution is -2.14. The number of benzene rings is 1. The van der Waals surface area contributed by atoms with Crippen LogP contribution in [0.2, 0.25) is 0 Å². The van der Waals surface area contributed by atoms with Crippen LogP contribution < -0.4 is 0 Å². The molecule has 1 aliphatic rings. The van der Waals surface area contributed by atoms with Gasteiger partial charge in [-0.05, 0) is 29.3 Å². The second kappa shape index (κ2) is 4.41. The van der Waals surface area contributed by atoms with Crippen molar-refractivity contribution in [2.24, 2.45) is 0 Å². The summed E-state index contributed by atoms with van der Waals surface area (Å²) >= 11 is 0. The molecule has 19 heavy (non-hydrogen) atoms. The predicted molar refractivity (Wildman–Crippen MR) is 70.3 cm³/mol. The minimum absolute atomic E-state index is 0.122. The maximum atomic E-state index is 11.6. The third-order valence-electron chi connectivity index (χ3n) is 3.43. The van der Waals surface area contributed by atoms with Crippen molar-refractivity contribution in [1.82, 2.24) is 20.2 Å². The first-order valence-electron chi connectivity index (χ1n) is 6.11.